The number of unbranched alkanes of at least 4 members (excludes halogenated alkanes) is 4. The van der Waals surface area contributed by atoms with Gasteiger partial charge in [-0.25, -0.2) is 0 Å². The van der Waals surface area contributed by atoms with E-state index < -0.39 is 0 Å². The maximum absolute atomic E-state index is 13.2. The molecule has 1 aromatic heterocycles. The van der Waals surface area contributed by atoms with Gasteiger partial charge in [-0.2, -0.15) is 4.98 Å². The molecule has 0 spiro atoms. The summed E-state index contributed by atoms with van der Waals surface area (Å²) in [5, 5.41) is 7.20. The van der Waals surface area contributed by atoms with Gasteiger partial charge in [-0.1, -0.05) is 76.7 Å². The lowest BCUT2D eigenvalue weighted by Gasteiger charge is -2.19. The Labute approximate surface area is 260 Å². The zero-order chi connectivity index (χ0) is 31.5. The fourth-order valence-electron chi connectivity index (χ4n) is 4.75. The van der Waals surface area contributed by atoms with Crippen LogP contribution in [0.3, 0.4) is 0 Å². The third kappa shape index (κ3) is 9.02. The third-order valence-electron chi connectivity index (χ3n) is 7.50. The van der Waals surface area contributed by atoms with Crippen molar-refractivity contribution in [3.63, 3.8) is 0 Å². The van der Waals surface area contributed by atoms with Crippen LogP contribution in [0.5, 0.6) is 5.75 Å². The molecule has 0 saturated heterocycles. The molecular formula is C36H43N3O5. The molecule has 1 heterocycles. The van der Waals surface area contributed by atoms with E-state index in [0.717, 1.165) is 28.9 Å². The standard InChI is InChI=1S/C36H43N3O5/c1-6-7-8-9-10-23-43-30-20-15-26(16-21-30)33-38-35(44-39-33)28-12-11-25(17-22-32(40)42-5)31(24-28)37-34(41)27-13-18-29(19-14-27)36(2,3)4/h11-16,18-21,24H,6-10,17,22-23H2,1-5H3,(H,37,41). The second-order valence-electron chi connectivity index (χ2n) is 11.9. The molecule has 0 aliphatic heterocycles. The number of amides is 1. The Morgan fingerprint density at radius 2 is 1.59 bits per heavy atom. The number of aromatic nitrogens is 2. The Hall–Kier alpha value is -4.46. The smallest absolute Gasteiger partial charge is 0.305 e. The lowest BCUT2D eigenvalue weighted by atomic mass is 9.86. The first-order chi connectivity index (χ1) is 21.2. The van der Waals surface area contributed by atoms with Crippen LogP contribution in [-0.2, 0) is 21.4 Å². The van der Waals surface area contributed by atoms with Gasteiger partial charge in [0.1, 0.15) is 5.75 Å². The van der Waals surface area contributed by atoms with Crippen LogP contribution in [0.2, 0.25) is 0 Å². The third-order valence-corrected chi connectivity index (χ3v) is 7.50. The first kappa shape index (κ1) is 32.5. The minimum atomic E-state index is -0.325. The Bertz CT molecular complexity index is 1520. The van der Waals surface area contributed by atoms with E-state index in [4.69, 9.17) is 14.0 Å². The van der Waals surface area contributed by atoms with Crippen LogP contribution in [0.4, 0.5) is 5.69 Å². The molecule has 232 valence electrons. The average molecular weight is 598 g/mol. The molecule has 0 aliphatic carbocycles. The van der Waals surface area contributed by atoms with E-state index >= 15 is 0 Å². The van der Waals surface area contributed by atoms with E-state index in [0.29, 0.717) is 41.6 Å². The van der Waals surface area contributed by atoms with Gasteiger partial charge < -0.3 is 19.3 Å². The van der Waals surface area contributed by atoms with Gasteiger partial charge in [0.25, 0.3) is 11.8 Å². The Morgan fingerprint density at radius 3 is 2.27 bits per heavy atom. The van der Waals surface area contributed by atoms with E-state index in [1.165, 1.54) is 32.8 Å². The number of hydrogen-bond acceptors (Lipinski definition) is 7. The van der Waals surface area contributed by atoms with E-state index in [1.54, 1.807) is 6.07 Å². The lowest BCUT2D eigenvalue weighted by molar-refractivity contribution is -0.140. The number of nitrogens with one attached hydrogen (secondary N) is 1. The molecule has 4 aromatic rings. The van der Waals surface area contributed by atoms with Crippen molar-refractivity contribution in [3.05, 3.63) is 83.4 Å². The Balaban J connectivity index is 1.49. The molecule has 0 unspecified atom stereocenters. The van der Waals surface area contributed by atoms with Crippen LogP contribution < -0.4 is 10.1 Å². The summed E-state index contributed by atoms with van der Waals surface area (Å²) in [4.78, 5) is 29.7. The number of nitrogens with zero attached hydrogens (tertiary/aromatic N) is 2. The first-order valence-corrected chi connectivity index (χ1v) is 15.4. The summed E-state index contributed by atoms with van der Waals surface area (Å²) in [6.45, 7) is 9.30. The highest BCUT2D eigenvalue weighted by atomic mass is 16.5. The van der Waals surface area contributed by atoms with Gasteiger partial charge in [0.15, 0.2) is 0 Å². The van der Waals surface area contributed by atoms with Crippen LogP contribution in [0.1, 0.15) is 87.7 Å². The van der Waals surface area contributed by atoms with Crippen molar-refractivity contribution in [2.75, 3.05) is 19.0 Å². The van der Waals surface area contributed by atoms with Gasteiger partial charge in [0.05, 0.1) is 13.7 Å². The molecule has 1 N–H and O–H groups in total. The van der Waals surface area contributed by atoms with Crippen molar-refractivity contribution in [2.45, 2.75) is 78.1 Å². The highest BCUT2D eigenvalue weighted by Crippen LogP contribution is 2.29. The van der Waals surface area contributed by atoms with Crippen molar-refractivity contribution < 1.29 is 23.6 Å². The zero-order valence-electron chi connectivity index (χ0n) is 26.4. The second kappa shape index (κ2) is 15.3. The fourth-order valence-corrected chi connectivity index (χ4v) is 4.75. The number of benzene rings is 3. The van der Waals surface area contributed by atoms with Crippen LogP contribution in [0.25, 0.3) is 22.8 Å². The van der Waals surface area contributed by atoms with Crippen molar-refractivity contribution in [1.29, 1.82) is 0 Å². The Kier molecular flexibility index (Phi) is 11.3. The summed E-state index contributed by atoms with van der Waals surface area (Å²) in [5.74, 6) is 0.997. The van der Waals surface area contributed by atoms with Gasteiger partial charge >= 0.3 is 5.97 Å². The Morgan fingerprint density at radius 1 is 0.886 bits per heavy atom. The van der Waals surface area contributed by atoms with Crippen molar-refractivity contribution in [2.24, 2.45) is 0 Å². The number of carbonyl (C=O) groups is 2. The average Bonchev–Trinajstić information content (AvgIpc) is 3.52. The number of anilines is 1. The highest BCUT2D eigenvalue weighted by Gasteiger charge is 2.18. The molecule has 0 radical (unpaired) electrons. The molecule has 1 amide bonds. The van der Waals surface area contributed by atoms with Gasteiger partial charge in [-0.15, -0.1) is 0 Å². The number of ether oxygens (including phenoxy) is 2. The van der Waals surface area contributed by atoms with Crippen LogP contribution in [0, 0.1) is 0 Å². The number of hydrogen-bond donors (Lipinski definition) is 1. The van der Waals surface area contributed by atoms with Gasteiger partial charge in [0, 0.05) is 28.8 Å². The minimum absolute atomic E-state index is 0.0172. The number of rotatable bonds is 14. The number of carbonyl (C=O) groups excluding carboxylic acids is 2. The molecule has 8 nitrogen and oxygen atoms in total. The number of aryl methyl sites for hydroxylation is 1. The van der Waals surface area contributed by atoms with Gasteiger partial charge in [0.2, 0.25) is 5.82 Å². The first-order valence-electron chi connectivity index (χ1n) is 15.4. The predicted molar refractivity (Wildman–Crippen MR) is 173 cm³/mol. The van der Waals surface area contributed by atoms with E-state index in [1.807, 2.05) is 60.7 Å². The van der Waals surface area contributed by atoms with Crippen molar-refractivity contribution >= 4 is 17.6 Å². The van der Waals surface area contributed by atoms with Crippen molar-refractivity contribution in [1.82, 2.24) is 10.1 Å². The van der Waals surface area contributed by atoms with Crippen molar-refractivity contribution in [3.8, 4) is 28.6 Å². The summed E-state index contributed by atoms with van der Waals surface area (Å²) in [6, 6.07) is 20.7. The maximum Gasteiger partial charge on any atom is 0.305 e. The largest absolute Gasteiger partial charge is 0.494 e. The molecule has 0 atom stereocenters. The van der Waals surface area contributed by atoms with E-state index in [2.05, 4.69) is 43.2 Å². The maximum atomic E-state index is 13.2. The van der Waals surface area contributed by atoms with Crippen LogP contribution in [0.15, 0.2) is 71.3 Å². The fraction of sp³-hybridized carbons (Fsp3) is 0.389. The molecule has 0 aliphatic rings. The molecular weight excluding hydrogens is 554 g/mol. The SMILES string of the molecule is CCCCCCCOc1ccc(-c2noc(-c3ccc(CCC(=O)OC)c(NC(=O)c4ccc(C(C)(C)C)cc4)c3)n2)cc1. The second-order valence-corrected chi connectivity index (χ2v) is 11.9. The summed E-state index contributed by atoms with van der Waals surface area (Å²) in [5.41, 5.74) is 4.46. The van der Waals surface area contributed by atoms with Crippen LogP contribution >= 0.6 is 0 Å². The summed E-state index contributed by atoms with van der Waals surface area (Å²) in [6.07, 6.45) is 6.55. The van der Waals surface area contributed by atoms with Gasteiger partial charge in [-0.3, -0.25) is 9.59 Å². The predicted octanol–water partition coefficient (Wildman–Crippen LogP) is 8.41. The number of esters is 1. The van der Waals surface area contributed by atoms with Gasteiger partial charge in [-0.05, 0) is 77.9 Å². The van der Waals surface area contributed by atoms with Crippen LogP contribution in [-0.4, -0.2) is 35.7 Å². The monoisotopic (exact) mass is 597 g/mol. The molecule has 3 aromatic carbocycles. The summed E-state index contributed by atoms with van der Waals surface area (Å²) >= 11 is 0. The normalized spacial score (nSPS) is 11.3. The molecule has 0 fully saturated rings. The van der Waals surface area contributed by atoms with E-state index in [9.17, 15) is 9.59 Å². The zero-order valence-corrected chi connectivity index (χ0v) is 26.4. The molecule has 0 saturated carbocycles. The quantitative estimate of drug-likeness (QED) is 0.115. The molecule has 0 bridgehead atoms. The topological polar surface area (TPSA) is 104 Å². The lowest BCUT2D eigenvalue weighted by Crippen LogP contribution is -2.15. The minimum Gasteiger partial charge on any atom is -0.494 e. The highest BCUT2D eigenvalue weighted by molar-refractivity contribution is 6.05. The molecule has 4 rings (SSSR count). The van der Waals surface area contributed by atoms with E-state index in [-0.39, 0.29) is 23.7 Å². The summed E-state index contributed by atoms with van der Waals surface area (Å²) < 4.78 is 16.3. The summed E-state index contributed by atoms with van der Waals surface area (Å²) in [7, 11) is 1.36. The number of methoxy groups -OCH3 is 1. The molecule has 8 heteroatoms. The molecule has 44 heavy (non-hydrogen) atoms.